The van der Waals surface area contributed by atoms with E-state index in [4.69, 9.17) is 0 Å². The van der Waals surface area contributed by atoms with Gasteiger partial charge in [-0.15, -0.1) is 0 Å². The highest BCUT2D eigenvalue weighted by Gasteiger charge is 2.12. The van der Waals surface area contributed by atoms with Crippen molar-refractivity contribution in [1.82, 2.24) is 4.98 Å². The van der Waals surface area contributed by atoms with E-state index >= 15 is 0 Å². The number of benzene rings is 2. The molecule has 0 saturated carbocycles. The van der Waals surface area contributed by atoms with Gasteiger partial charge in [0.05, 0.1) is 11.3 Å². The van der Waals surface area contributed by atoms with Crippen LogP contribution in [0.4, 0.5) is 15.8 Å². The Morgan fingerprint density at radius 3 is 2.63 bits per heavy atom. The molecule has 0 aliphatic heterocycles. The largest absolute Gasteiger partial charge is 0.380 e. The second-order valence-electron chi connectivity index (χ2n) is 6.32. The molecule has 5 heteroatoms. The molecular weight excluding hydrogens is 341 g/mol. The van der Waals surface area contributed by atoms with Crippen LogP contribution in [0, 0.1) is 12.7 Å². The second kappa shape index (κ2) is 8.45. The summed E-state index contributed by atoms with van der Waals surface area (Å²) in [4.78, 5) is 16.8. The first-order valence-electron chi connectivity index (χ1n) is 8.90. The lowest BCUT2D eigenvalue weighted by Gasteiger charge is -2.13. The summed E-state index contributed by atoms with van der Waals surface area (Å²) in [5.74, 6) is -0.487. The standard InChI is InChI=1S/C22H22FN3O/c1-3-16-9-6-7-15(2)21(16)26-22(27)18-11-19(14-24-12-18)25-13-17-8-4-5-10-20(17)23/h4-12,14,25H,3,13H2,1-2H3,(H,26,27). The molecule has 2 aromatic carbocycles. The van der Waals surface area contributed by atoms with Gasteiger partial charge in [0.2, 0.25) is 0 Å². The molecule has 0 bridgehead atoms. The molecular formula is C22H22FN3O. The summed E-state index contributed by atoms with van der Waals surface area (Å²) in [5.41, 5.74) is 4.61. The predicted molar refractivity (Wildman–Crippen MR) is 106 cm³/mol. The van der Waals surface area contributed by atoms with Crippen molar-refractivity contribution < 1.29 is 9.18 Å². The summed E-state index contributed by atoms with van der Waals surface area (Å²) in [7, 11) is 0. The molecule has 4 nitrogen and oxygen atoms in total. The van der Waals surface area contributed by atoms with Crippen molar-refractivity contribution >= 4 is 17.3 Å². The number of aromatic nitrogens is 1. The third-order valence-corrected chi connectivity index (χ3v) is 4.42. The lowest BCUT2D eigenvalue weighted by molar-refractivity contribution is 0.102. The van der Waals surface area contributed by atoms with E-state index in [9.17, 15) is 9.18 Å². The molecule has 3 aromatic rings. The Hall–Kier alpha value is -3.21. The van der Waals surface area contributed by atoms with Gasteiger partial charge in [0.1, 0.15) is 5.82 Å². The Balaban J connectivity index is 1.73. The van der Waals surface area contributed by atoms with Gasteiger partial charge in [-0.1, -0.05) is 43.3 Å². The van der Waals surface area contributed by atoms with Gasteiger partial charge < -0.3 is 10.6 Å². The summed E-state index contributed by atoms with van der Waals surface area (Å²) < 4.78 is 13.7. The molecule has 0 aliphatic rings. The summed E-state index contributed by atoms with van der Waals surface area (Å²) in [6.45, 7) is 4.34. The minimum Gasteiger partial charge on any atom is -0.380 e. The number of anilines is 2. The van der Waals surface area contributed by atoms with Crippen LogP contribution in [0.3, 0.4) is 0 Å². The molecule has 0 aliphatic carbocycles. The third kappa shape index (κ3) is 4.50. The first-order chi connectivity index (χ1) is 13.1. The van der Waals surface area contributed by atoms with Gasteiger partial charge in [-0.2, -0.15) is 0 Å². The van der Waals surface area contributed by atoms with Crippen LogP contribution in [0.2, 0.25) is 0 Å². The third-order valence-electron chi connectivity index (χ3n) is 4.42. The molecule has 2 N–H and O–H groups in total. The monoisotopic (exact) mass is 363 g/mol. The quantitative estimate of drug-likeness (QED) is 0.651. The number of halogens is 1. The van der Waals surface area contributed by atoms with Gasteiger partial charge in [-0.3, -0.25) is 9.78 Å². The lowest BCUT2D eigenvalue weighted by atomic mass is 10.1. The van der Waals surface area contributed by atoms with Crippen molar-refractivity contribution in [3.8, 4) is 0 Å². The summed E-state index contributed by atoms with van der Waals surface area (Å²) in [6.07, 6.45) is 3.97. The van der Waals surface area contributed by atoms with Crippen molar-refractivity contribution in [1.29, 1.82) is 0 Å². The smallest absolute Gasteiger partial charge is 0.257 e. The number of rotatable bonds is 6. The molecule has 138 valence electrons. The number of nitrogens with zero attached hydrogens (tertiary/aromatic N) is 1. The molecule has 1 aromatic heterocycles. The highest BCUT2D eigenvalue weighted by atomic mass is 19.1. The molecule has 1 heterocycles. The average Bonchev–Trinajstić information content (AvgIpc) is 2.69. The van der Waals surface area contributed by atoms with Crippen LogP contribution in [0.1, 0.15) is 34.0 Å². The zero-order chi connectivity index (χ0) is 19.2. The van der Waals surface area contributed by atoms with Crippen molar-refractivity contribution in [2.75, 3.05) is 10.6 Å². The van der Waals surface area contributed by atoms with Gasteiger partial charge in [-0.05, 0) is 36.6 Å². The zero-order valence-corrected chi connectivity index (χ0v) is 15.4. The first-order valence-corrected chi connectivity index (χ1v) is 8.90. The minimum atomic E-state index is -0.265. The number of pyridine rings is 1. The van der Waals surface area contributed by atoms with Gasteiger partial charge in [0.25, 0.3) is 5.91 Å². The molecule has 0 unspecified atom stereocenters. The normalized spacial score (nSPS) is 10.5. The molecule has 27 heavy (non-hydrogen) atoms. The number of nitrogens with one attached hydrogen (secondary N) is 2. The van der Waals surface area contributed by atoms with Crippen LogP contribution in [-0.4, -0.2) is 10.9 Å². The van der Waals surface area contributed by atoms with Crippen molar-refractivity contribution in [3.63, 3.8) is 0 Å². The Morgan fingerprint density at radius 2 is 1.85 bits per heavy atom. The summed E-state index contributed by atoms with van der Waals surface area (Å²) in [6, 6.07) is 14.3. The van der Waals surface area contributed by atoms with E-state index in [1.807, 2.05) is 25.1 Å². The van der Waals surface area contributed by atoms with Gasteiger partial charge >= 0.3 is 0 Å². The van der Waals surface area contributed by atoms with Crippen LogP contribution in [0.5, 0.6) is 0 Å². The Labute approximate surface area is 158 Å². The van der Waals surface area contributed by atoms with E-state index in [2.05, 4.69) is 22.5 Å². The number of carbonyl (C=O) groups is 1. The van der Waals surface area contributed by atoms with Crippen LogP contribution < -0.4 is 10.6 Å². The SMILES string of the molecule is CCc1cccc(C)c1NC(=O)c1cncc(NCc2ccccc2F)c1. The molecule has 0 spiro atoms. The van der Waals surface area contributed by atoms with Gasteiger partial charge in [0, 0.05) is 30.2 Å². The Bertz CT molecular complexity index is 956. The summed E-state index contributed by atoms with van der Waals surface area (Å²) in [5, 5.41) is 6.10. The molecule has 3 rings (SSSR count). The van der Waals surface area contributed by atoms with Crippen LogP contribution >= 0.6 is 0 Å². The molecule has 0 radical (unpaired) electrons. The number of amides is 1. The highest BCUT2D eigenvalue weighted by Crippen LogP contribution is 2.22. The molecule has 0 fully saturated rings. The first kappa shape index (κ1) is 18.6. The molecule has 0 atom stereocenters. The average molecular weight is 363 g/mol. The fourth-order valence-electron chi connectivity index (χ4n) is 2.89. The molecule has 0 saturated heterocycles. The Kier molecular flexibility index (Phi) is 5.81. The van der Waals surface area contributed by atoms with E-state index in [1.165, 1.54) is 12.3 Å². The van der Waals surface area contributed by atoms with Crippen molar-refractivity contribution in [2.45, 2.75) is 26.8 Å². The topological polar surface area (TPSA) is 54.0 Å². The van der Waals surface area contributed by atoms with E-state index in [0.29, 0.717) is 23.4 Å². The maximum atomic E-state index is 13.7. The van der Waals surface area contributed by atoms with Crippen molar-refractivity contribution in [3.05, 3.63) is 89.0 Å². The van der Waals surface area contributed by atoms with Crippen LogP contribution in [0.25, 0.3) is 0 Å². The van der Waals surface area contributed by atoms with E-state index in [0.717, 1.165) is 23.2 Å². The van der Waals surface area contributed by atoms with Crippen molar-refractivity contribution in [2.24, 2.45) is 0 Å². The number of hydrogen-bond acceptors (Lipinski definition) is 3. The van der Waals surface area contributed by atoms with E-state index in [-0.39, 0.29) is 11.7 Å². The number of para-hydroxylation sites is 1. The highest BCUT2D eigenvalue weighted by molar-refractivity contribution is 6.05. The van der Waals surface area contributed by atoms with Crippen LogP contribution in [-0.2, 0) is 13.0 Å². The zero-order valence-electron chi connectivity index (χ0n) is 15.4. The fraction of sp³-hybridized carbons (Fsp3) is 0.182. The maximum Gasteiger partial charge on any atom is 0.257 e. The fourth-order valence-corrected chi connectivity index (χ4v) is 2.89. The predicted octanol–water partition coefficient (Wildman–Crippen LogP) is 4.96. The van der Waals surface area contributed by atoms with E-state index in [1.54, 1.807) is 30.5 Å². The lowest BCUT2D eigenvalue weighted by Crippen LogP contribution is -2.15. The maximum absolute atomic E-state index is 13.7. The van der Waals surface area contributed by atoms with Gasteiger partial charge in [0.15, 0.2) is 0 Å². The second-order valence-corrected chi connectivity index (χ2v) is 6.32. The number of aryl methyl sites for hydroxylation is 2. The molecule has 1 amide bonds. The van der Waals surface area contributed by atoms with E-state index < -0.39 is 0 Å². The van der Waals surface area contributed by atoms with Crippen LogP contribution in [0.15, 0.2) is 60.9 Å². The summed E-state index contributed by atoms with van der Waals surface area (Å²) >= 11 is 0. The number of carbonyl (C=O) groups excluding carboxylic acids is 1. The minimum absolute atomic E-state index is 0.221. The number of hydrogen-bond donors (Lipinski definition) is 2. The van der Waals surface area contributed by atoms with Gasteiger partial charge in [-0.25, -0.2) is 4.39 Å². The Morgan fingerprint density at radius 1 is 1.07 bits per heavy atom.